The quantitative estimate of drug-likeness (QED) is 0.851. The molecule has 1 aliphatic heterocycles. The van der Waals surface area contributed by atoms with Crippen LogP contribution in [0.25, 0.3) is 0 Å². The lowest BCUT2D eigenvalue weighted by Crippen LogP contribution is -2.41. The van der Waals surface area contributed by atoms with E-state index in [1.807, 2.05) is 17.0 Å². The number of hydrogen-bond donors (Lipinski definition) is 0. The third-order valence-electron chi connectivity index (χ3n) is 4.71. The molecule has 6 heteroatoms. The van der Waals surface area contributed by atoms with Gasteiger partial charge in [0.2, 0.25) is 0 Å². The van der Waals surface area contributed by atoms with E-state index in [4.69, 9.17) is 9.26 Å². The fourth-order valence-corrected chi connectivity index (χ4v) is 3.27. The third kappa shape index (κ3) is 2.79. The molecule has 2 aliphatic rings. The first-order valence-electron chi connectivity index (χ1n) is 8.17. The largest absolute Gasteiger partial charge is 0.385 e. The van der Waals surface area contributed by atoms with Gasteiger partial charge in [-0.1, -0.05) is 5.16 Å². The van der Waals surface area contributed by atoms with E-state index in [1.165, 1.54) is 0 Å². The van der Waals surface area contributed by atoms with E-state index in [1.54, 1.807) is 7.11 Å². The van der Waals surface area contributed by atoms with Crippen LogP contribution >= 0.6 is 0 Å². The summed E-state index contributed by atoms with van der Waals surface area (Å²) in [4.78, 5) is 14.6. The molecule has 3 heterocycles. The van der Waals surface area contributed by atoms with Crippen molar-refractivity contribution in [3.63, 3.8) is 0 Å². The Bertz CT molecular complexity index is 702. The van der Waals surface area contributed by atoms with Gasteiger partial charge in [0.15, 0.2) is 5.69 Å². The van der Waals surface area contributed by atoms with Gasteiger partial charge in [-0.05, 0) is 31.4 Å². The van der Waals surface area contributed by atoms with E-state index in [0.717, 1.165) is 30.7 Å². The number of amides is 1. The zero-order valence-corrected chi connectivity index (χ0v) is 13.3. The monoisotopic (exact) mass is 315 g/mol. The number of ether oxygens (including phenoxy) is 1. The second-order valence-electron chi connectivity index (χ2n) is 6.42. The molecule has 4 rings (SSSR count). The van der Waals surface area contributed by atoms with Crippen molar-refractivity contribution in [1.82, 2.24) is 14.6 Å². The molecule has 23 heavy (non-hydrogen) atoms. The fourth-order valence-electron chi connectivity index (χ4n) is 3.27. The molecule has 0 radical (unpaired) electrons. The summed E-state index contributed by atoms with van der Waals surface area (Å²) >= 11 is 0. The van der Waals surface area contributed by atoms with Gasteiger partial charge in [-0.25, -0.2) is 0 Å². The Hall–Kier alpha value is -2.08. The number of carbonyl (C=O) groups is 1. The SMILES string of the molecule is COCCC1CN(C(=O)c2cc(C3CC3)on2)Cc2cccn21. The molecule has 1 atom stereocenters. The van der Waals surface area contributed by atoms with E-state index in [0.29, 0.717) is 31.3 Å². The average Bonchev–Trinajstić information content (AvgIpc) is 3.11. The molecule has 0 spiro atoms. The Labute approximate surface area is 135 Å². The summed E-state index contributed by atoms with van der Waals surface area (Å²) in [5, 5.41) is 3.99. The highest BCUT2D eigenvalue weighted by atomic mass is 16.5. The van der Waals surface area contributed by atoms with Crippen LogP contribution in [0.2, 0.25) is 0 Å². The van der Waals surface area contributed by atoms with E-state index < -0.39 is 0 Å². The third-order valence-corrected chi connectivity index (χ3v) is 4.71. The van der Waals surface area contributed by atoms with Crippen LogP contribution in [0.3, 0.4) is 0 Å². The van der Waals surface area contributed by atoms with Crippen LogP contribution in [-0.4, -0.2) is 40.8 Å². The van der Waals surface area contributed by atoms with Gasteiger partial charge in [0.05, 0.1) is 12.6 Å². The minimum atomic E-state index is -0.0458. The van der Waals surface area contributed by atoms with Gasteiger partial charge in [0.1, 0.15) is 5.76 Å². The zero-order valence-electron chi connectivity index (χ0n) is 13.3. The number of nitrogens with zero attached hydrogens (tertiary/aromatic N) is 3. The Morgan fingerprint density at radius 2 is 2.35 bits per heavy atom. The lowest BCUT2D eigenvalue weighted by atomic mass is 10.1. The molecule has 2 aromatic heterocycles. The number of rotatable bonds is 5. The Morgan fingerprint density at radius 3 is 3.13 bits per heavy atom. The first-order chi connectivity index (χ1) is 11.3. The molecule has 6 nitrogen and oxygen atoms in total. The molecule has 1 fully saturated rings. The van der Waals surface area contributed by atoms with E-state index in [-0.39, 0.29) is 11.9 Å². The highest BCUT2D eigenvalue weighted by Gasteiger charge is 2.32. The number of aromatic nitrogens is 2. The van der Waals surface area contributed by atoms with Crippen molar-refractivity contribution in [1.29, 1.82) is 0 Å². The predicted molar refractivity (Wildman–Crippen MR) is 83.2 cm³/mol. The first-order valence-corrected chi connectivity index (χ1v) is 8.17. The van der Waals surface area contributed by atoms with Crippen molar-refractivity contribution in [2.45, 2.75) is 37.8 Å². The molecule has 1 amide bonds. The van der Waals surface area contributed by atoms with Crippen LogP contribution in [0, 0.1) is 0 Å². The maximum atomic E-state index is 12.8. The highest BCUT2D eigenvalue weighted by Crippen LogP contribution is 2.40. The summed E-state index contributed by atoms with van der Waals surface area (Å²) in [5.41, 5.74) is 1.58. The molecule has 0 bridgehead atoms. The van der Waals surface area contributed by atoms with E-state index >= 15 is 0 Å². The smallest absolute Gasteiger partial charge is 0.276 e. The highest BCUT2D eigenvalue weighted by molar-refractivity contribution is 5.92. The molecule has 0 N–H and O–H groups in total. The van der Waals surface area contributed by atoms with Crippen LogP contribution in [0.1, 0.15) is 53.2 Å². The molecule has 2 aromatic rings. The molecule has 1 aliphatic carbocycles. The topological polar surface area (TPSA) is 60.5 Å². The molecular weight excluding hydrogens is 294 g/mol. The average molecular weight is 315 g/mol. The van der Waals surface area contributed by atoms with E-state index in [2.05, 4.69) is 22.0 Å². The standard InChI is InChI=1S/C17H21N3O3/c1-22-8-6-14-11-19(10-13-3-2-7-20(13)14)17(21)15-9-16(23-18-15)12-4-5-12/h2-3,7,9,12,14H,4-6,8,10-11H2,1H3. The zero-order chi connectivity index (χ0) is 15.8. The Kier molecular flexibility index (Phi) is 3.69. The maximum absolute atomic E-state index is 12.8. The van der Waals surface area contributed by atoms with Crippen molar-refractivity contribution >= 4 is 5.91 Å². The Morgan fingerprint density at radius 1 is 1.48 bits per heavy atom. The van der Waals surface area contributed by atoms with Crippen molar-refractivity contribution in [3.8, 4) is 0 Å². The van der Waals surface area contributed by atoms with Crippen molar-refractivity contribution in [2.75, 3.05) is 20.3 Å². The van der Waals surface area contributed by atoms with Gasteiger partial charge in [0, 0.05) is 44.1 Å². The van der Waals surface area contributed by atoms with Crippen LogP contribution in [0.4, 0.5) is 0 Å². The lowest BCUT2D eigenvalue weighted by molar-refractivity contribution is 0.0643. The van der Waals surface area contributed by atoms with Crippen molar-refractivity contribution < 1.29 is 14.1 Å². The Balaban J connectivity index is 1.52. The molecule has 1 unspecified atom stereocenters. The minimum Gasteiger partial charge on any atom is -0.385 e. The molecule has 1 saturated carbocycles. The van der Waals surface area contributed by atoms with Crippen LogP contribution in [0.5, 0.6) is 0 Å². The maximum Gasteiger partial charge on any atom is 0.276 e. The van der Waals surface area contributed by atoms with Crippen LogP contribution in [0.15, 0.2) is 28.9 Å². The van der Waals surface area contributed by atoms with Crippen molar-refractivity contribution in [2.24, 2.45) is 0 Å². The summed E-state index contributed by atoms with van der Waals surface area (Å²) < 4.78 is 12.8. The predicted octanol–water partition coefficient (Wildman–Crippen LogP) is 2.59. The second-order valence-corrected chi connectivity index (χ2v) is 6.42. The molecule has 122 valence electrons. The minimum absolute atomic E-state index is 0.0458. The molecule has 0 aromatic carbocycles. The van der Waals surface area contributed by atoms with Gasteiger partial charge < -0.3 is 18.7 Å². The summed E-state index contributed by atoms with van der Waals surface area (Å²) in [7, 11) is 1.71. The fraction of sp³-hybridized carbons (Fsp3) is 0.529. The number of methoxy groups -OCH3 is 1. The van der Waals surface area contributed by atoms with Gasteiger partial charge in [0.25, 0.3) is 5.91 Å². The first kappa shape index (κ1) is 14.5. The number of fused-ring (bicyclic) bond motifs is 1. The van der Waals surface area contributed by atoms with Crippen LogP contribution < -0.4 is 0 Å². The second kappa shape index (κ2) is 5.85. The normalized spacial score (nSPS) is 20.6. The lowest BCUT2D eigenvalue weighted by Gasteiger charge is -2.34. The number of hydrogen-bond acceptors (Lipinski definition) is 4. The summed E-state index contributed by atoms with van der Waals surface area (Å²) in [6.45, 7) is 1.97. The molecule has 0 saturated heterocycles. The van der Waals surface area contributed by atoms with Gasteiger partial charge in [-0.15, -0.1) is 0 Å². The van der Waals surface area contributed by atoms with Crippen LogP contribution in [-0.2, 0) is 11.3 Å². The molecular formula is C17H21N3O3. The van der Waals surface area contributed by atoms with E-state index in [9.17, 15) is 4.79 Å². The summed E-state index contributed by atoms with van der Waals surface area (Å²) in [6, 6.07) is 6.16. The van der Waals surface area contributed by atoms with Crippen molar-refractivity contribution in [3.05, 3.63) is 41.5 Å². The van der Waals surface area contributed by atoms with Gasteiger partial charge in [-0.2, -0.15) is 0 Å². The summed E-state index contributed by atoms with van der Waals surface area (Å²) in [5.74, 6) is 1.28. The summed E-state index contributed by atoms with van der Waals surface area (Å²) in [6.07, 6.45) is 5.24. The van der Waals surface area contributed by atoms with Gasteiger partial charge >= 0.3 is 0 Å². The van der Waals surface area contributed by atoms with Gasteiger partial charge in [-0.3, -0.25) is 4.79 Å². The number of carbonyl (C=O) groups excluding carboxylic acids is 1.